The number of benzene rings is 2. The molecule has 1 atom stereocenters. The Morgan fingerprint density at radius 1 is 1.24 bits per heavy atom. The van der Waals surface area contributed by atoms with Crippen molar-refractivity contribution in [3.63, 3.8) is 0 Å². The first kappa shape index (κ1) is 31.0. The van der Waals surface area contributed by atoms with E-state index < -0.39 is 23.6 Å². The van der Waals surface area contributed by atoms with E-state index in [1.165, 1.54) is 23.1 Å². The van der Waals surface area contributed by atoms with Crippen molar-refractivity contribution in [2.45, 2.75) is 44.9 Å². The van der Waals surface area contributed by atoms with Crippen LogP contribution in [0.3, 0.4) is 0 Å². The predicted molar refractivity (Wildman–Crippen MR) is 163 cm³/mol. The predicted octanol–water partition coefficient (Wildman–Crippen LogP) is 6.94. The van der Waals surface area contributed by atoms with E-state index in [-0.39, 0.29) is 46.7 Å². The van der Waals surface area contributed by atoms with Crippen molar-refractivity contribution in [1.82, 2.24) is 15.2 Å². The summed E-state index contributed by atoms with van der Waals surface area (Å²) in [6.45, 7) is 10.6. The molecule has 2 heterocycles. The number of aliphatic imine (C=N–C) groups is 1. The molecule has 0 saturated carbocycles. The Kier molecular flexibility index (Phi) is 9.86. The van der Waals surface area contributed by atoms with Gasteiger partial charge >= 0.3 is 6.18 Å². The molecular weight excluding hydrogens is 562 g/mol. The average Bonchev–Trinajstić information content (AvgIpc) is 3.28. The first-order valence-electron chi connectivity index (χ1n) is 13.4. The topological polar surface area (TPSA) is 56.9 Å². The highest BCUT2D eigenvalue weighted by Crippen LogP contribution is 2.44. The lowest BCUT2D eigenvalue weighted by Crippen LogP contribution is -2.41. The zero-order valence-electron chi connectivity index (χ0n) is 23.6. The molecule has 4 rings (SSSR count). The van der Waals surface area contributed by atoms with Gasteiger partial charge in [0.15, 0.2) is 0 Å². The number of alkyl halides is 3. The summed E-state index contributed by atoms with van der Waals surface area (Å²) in [5, 5.41) is 5.94. The fourth-order valence-electron chi connectivity index (χ4n) is 4.85. The lowest BCUT2D eigenvalue weighted by atomic mass is 9.98. The third kappa shape index (κ3) is 6.92. The maximum atomic E-state index is 15.5. The highest BCUT2D eigenvalue weighted by Gasteiger charge is 2.42. The van der Waals surface area contributed by atoms with E-state index >= 15 is 4.39 Å². The number of allylic oxidation sites excluding steroid dienone is 1. The lowest BCUT2D eigenvalue weighted by molar-refractivity contribution is -0.138. The minimum Gasteiger partial charge on any atom is -0.376 e. The van der Waals surface area contributed by atoms with Crippen molar-refractivity contribution in [3.8, 4) is 11.8 Å². The summed E-state index contributed by atoms with van der Waals surface area (Å²) in [5.74, 6) is 11.6. The van der Waals surface area contributed by atoms with Gasteiger partial charge in [0.1, 0.15) is 17.6 Å². The maximum Gasteiger partial charge on any atom is 0.416 e. The minimum atomic E-state index is -4.65. The van der Waals surface area contributed by atoms with Crippen LogP contribution in [0.25, 0.3) is 5.70 Å². The number of hydrazine groups is 1. The maximum absolute atomic E-state index is 15.5. The van der Waals surface area contributed by atoms with Crippen molar-refractivity contribution in [1.29, 1.82) is 0 Å². The van der Waals surface area contributed by atoms with Gasteiger partial charge in [0.2, 0.25) is 0 Å². The van der Waals surface area contributed by atoms with Crippen LogP contribution in [0.4, 0.5) is 17.6 Å². The molecule has 42 heavy (non-hydrogen) atoms. The molecule has 0 bridgehead atoms. The molecule has 0 aromatic heterocycles. The number of nitrogens with two attached hydrogens (primary N) is 1. The highest BCUT2D eigenvalue weighted by atomic mass is 32.2. The highest BCUT2D eigenvalue weighted by molar-refractivity contribution is 8.01. The number of nitrogens with one attached hydrogen (secondary N) is 1. The third-order valence-electron chi connectivity index (χ3n) is 7.12. The van der Waals surface area contributed by atoms with Crippen LogP contribution in [0.2, 0.25) is 0 Å². The third-order valence-corrected chi connectivity index (χ3v) is 7.51. The van der Waals surface area contributed by atoms with Crippen LogP contribution < -0.4 is 11.2 Å². The van der Waals surface area contributed by atoms with Crippen LogP contribution in [0.15, 0.2) is 83.4 Å². The second-order valence-electron chi connectivity index (χ2n) is 9.85. The molecule has 0 aliphatic carbocycles. The van der Waals surface area contributed by atoms with Gasteiger partial charge in [-0.05, 0) is 59.9 Å². The van der Waals surface area contributed by atoms with Crippen molar-refractivity contribution >= 4 is 23.8 Å². The summed E-state index contributed by atoms with van der Waals surface area (Å²) < 4.78 is 58.8. The van der Waals surface area contributed by atoms with Gasteiger partial charge in [0.25, 0.3) is 0 Å². The number of hydrogen-bond acceptors (Lipinski definition) is 6. The van der Waals surface area contributed by atoms with Crippen molar-refractivity contribution in [2.75, 3.05) is 12.8 Å². The number of fused-ring (bicyclic) bond motifs is 1. The molecular formula is C32H33F4N5S. The summed E-state index contributed by atoms with van der Waals surface area (Å²) in [7, 11) is 0. The molecule has 2 aliphatic heterocycles. The van der Waals surface area contributed by atoms with E-state index in [2.05, 4.69) is 35.3 Å². The molecule has 0 amide bonds. The summed E-state index contributed by atoms with van der Waals surface area (Å²) in [4.78, 5) is 5.90. The van der Waals surface area contributed by atoms with Crippen molar-refractivity contribution in [2.24, 2.45) is 10.8 Å². The zero-order valence-corrected chi connectivity index (χ0v) is 24.4. The molecule has 0 radical (unpaired) electrons. The van der Waals surface area contributed by atoms with Crippen molar-refractivity contribution in [3.05, 3.63) is 112 Å². The fraction of sp³-hybridized carbons (Fsp3) is 0.281. The van der Waals surface area contributed by atoms with E-state index in [0.717, 1.165) is 18.1 Å². The number of nitrogens with zero attached hydrogens (tertiary/aromatic N) is 3. The quantitative estimate of drug-likeness (QED) is 0.157. The number of rotatable bonds is 7. The number of halogens is 4. The molecule has 220 valence electrons. The molecule has 10 heteroatoms. The van der Waals surface area contributed by atoms with E-state index in [9.17, 15) is 13.2 Å². The van der Waals surface area contributed by atoms with Crippen molar-refractivity contribution < 1.29 is 17.6 Å². The lowest BCUT2D eigenvalue weighted by Gasteiger charge is -2.35. The molecule has 1 unspecified atom stereocenters. The fourth-order valence-corrected chi connectivity index (χ4v) is 5.10. The standard InChI is InChI=1S/C32H33F4N5S/c1-5-23-8-10-24(11-9-23)12-13-25-17-26-21(2)40(19-27(26)28(18-25)32(34,35)36)31(22(3)41(37)15-16-42-4)30-29(33)7-6-14-38-20-39-30/h8-11,15-18,20,31H,2-3,5-7,14,19,37H2,1,4H3,(H,38,39)/b16-15-,30-29-. The van der Waals surface area contributed by atoms with Gasteiger partial charge in [-0.3, -0.25) is 5.01 Å². The Balaban J connectivity index is 1.80. The van der Waals surface area contributed by atoms with Crippen LogP contribution in [0.1, 0.15) is 53.1 Å². The summed E-state index contributed by atoms with van der Waals surface area (Å²) >= 11 is 1.40. The largest absolute Gasteiger partial charge is 0.416 e. The Morgan fingerprint density at radius 2 is 1.95 bits per heavy atom. The molecule has 0 fully saturated rings. The average molecular weight is 596 g/mol. The van der Waals surface area contributed by atoms with Gasteiger partial charge < -0.3 is 10.2 Å². The monoisotopic (exact) mass is 595 g/mol. The Morgan fingerprint density at radius 3 is 2.62 bits per heavy atom. The first-order chi connectivity index (χ1) is 20.0. The molecule has 2 aliphatic rings. The molecule has 5 nitrogen and oxygen atoms in total. The Bertz CT molecular complexity index is 1500. The first-order valence-corrected chi connectivity index (χ1v) is 14.7. The van der Waals surface area contributed by atoms with E-state index in [0.29, 0.717) is 18.5 Å². The number of thioether (sulfide) groups is 1. The van der Waals surface area contributed by atoms with Gasteiger partial charge in [-0.2, -0.15) is 13.2 Å². The van der Waals surface area contributed by atoms with E-state index in [4.69, 9.17) is 5.84 Å². The van der Waals surface area contributed by atoms with Crippen LogP contribution in [0, 0.1) is 11.8 Å². The van der Waals surface area contributed by atoms with Gasteiger partial charge in [-0.25, -0.2) is 15.2 Å². The summed E-state index contributed by atoms with van der Waals surface area (Å²) in [5.41, 5.74) is 2.03. The normalized spacial score (nSPS) is 18.5. The SMILES string of the molecule is C=C(C(C1=C(/F)CCCN/C=N\1)N1Cc2c(cc(C#Cc3ccc(CC)cc3)cc2C(F)(F)F)C1=C)N(N)/C=C\SC. The van der Waals surface area contributed by atoms with Gasteiger partial charge in [0.05, 0.1) is 17.6 Å². The molecule has 3 N–H and O–H groups in total. The minimum absolute atomic E-state index is 0.0123. The van der Waals surface area contributed by atoms with Crippen LogP contribution in [0.5, 0.6) is 0 Å². The second-order valence-corrected chi connectivity index (χ2v) is 10.6. The summed E-state index contributed by atoms with van der Waals surface area (Å²) in [6, 6.07) is 9.20. The Hall–Kier alpha value is -3.94. The van der Waals surface area contributed by atoms with E-state index in [1.807, 2.05) is 37.4 Å². The zero-order chi connectivity index (χ0) is 30.4. The second kappa shape index (κ2) is 13.4. The molecule has 0 spiro atoms. The van der Waals surface area contributed by atoms with Gasteiger partial charge in [-0.1, -0.05) is 44.1 Å². The smallest absolute Gasteiger partial charge is 0.376 e. The molecule has 2 aromatic carbocycles. The number of hydrogen-bond donors (Lipinski definition) is 2. The van der Waals surface area contributed by atoms with Gasteiger partial charge in [0, 0.05) is 48.1 Å². The van der Waals surface area contributed by atoms with Crippen LogP contribution >= 0.6 is 11.8 Å². The van der Waals surface area contributed by atoms with Gasteiger partial charge in [-0.15, -0.1) is 11.8 Å². The number of aryl methyl sites for hydroxylation is 1. The molecule has 0 saturated heterocycles. The molecule has 2 aromatic rings. The van der Waals surface area contributed by atoms with Crippen LogP contribution in [-0.2, 0) is 19.1 Å². The Labute approximate surface area is 248 Å². The summed E-state index contributed by atoms with van der Waals surface area (Å²) in [6.07, 6.45) is 1.63. The van der Waals surface area contributed by atoms with Crippen LogP contribution in [-0.4, -0.2) is 35.1 Å². The van der Waals surface area contributed by atoms with E-state index in [1.54, 1.807) is 22.6 Å².